The Labute approximate surface area is 172 Å². The van der Waals surface area contributed by atoms with Gasteiger partial charge in [-0.05, 0) is 42.8 Å². The molecule has 1 amide bonds. The van der Waals surface area contributed by atoms with Crippen LogP contribution in [-0.4, -0.2) is 40.5 Å². The Morgan fingerprint density at radius 2 is 1.93 bits per heavy atom. The lowest BCUT2D eigenvalue weighted by Gasteiger charge is -2.10. The molecule has 0 atom stereocenters. The lowest BCUT2D eigenvalue weighted by atomic mass is 10.1. The van der Waals surface area contributed by atoms with E-state index in [2.05, 4.69) is 15.5 Å². The third-order valence-electron chi connectivity index (χ3n) is 4.59. The van der Waals surface area contributed by atoms with Gasteiger partial charge in [-0.25, -0.2) is 0 Å². The van der Waals surface area contributed by atoms with Gasteiger partial charge in [0.1, 0.15) is 11.5 Å². The number of hydrogen-bond acceptors (Lipinski definition) is 6. The lowest BCUT2D eigenvalue weighted by Crippen LogP contribution is -2.15. The van der Waals surface area contributed by atoms with Gasteiger partial charge in [-0.15, -0.1) is 10.2 Å². The van der Waals surface area contributed by atoms with Gasteiger partial charge in [0.2, 0.25) is 5.91 Å². The lowest BCUT2D eigenvalue weighted by molar-refractivity contribution is -0.113. The molecule has 0 fully saturated rings. The number of fused-ring (bicyclic) bond motifs is 3. The smallest absolute Gasteiger partial charge is 0.234 e. The van der Waals surface area contributed by atoms with Crippen LogP contribution in [0.25, 0.3) is 16.6 Å². The number of para-hydroxylation sites is 2. The number of thioether (sulfide) groups is 1. The maximum Gasteiger partial charge on any atom is 0.234 e. The zero-order valence-corrected chi connectivity index (χ0v) is 17.1. The van der Waals surface area contributed by atoms with Crippen LogP contribution in [-0.2, 0) is 4.79 Å². The van der Waals surface area contributed by atoms with Crippen molar-refractivity contribution >= 4 is 39.9 Å². The second-order valence-corrected chi connectivity index (χ2v) is 7.37. The number of amides is 1. The van der Waals surface area contributed by atoms with Crippen LogP contribution in [0.2, 0.25) is 0 Å². The highest BCUT2D eigenvalue weighted by Gasteiger charge is 2.14. The molecule has 0 spiro atoms. The van der Waals surface area contributed by atoms with E-state index in [0.717, 1.165) is 27.9 Å². The fourth-order valence-electron chi connectivity index (χ4n) is 3.19. The standard InChI is InChI=1S/C21H20N4O3S/c1-13-10-19-23-24-21(25(19)17-11-14(27-2)8-9-15(13)17)29-12-20(26)22-16-6-4-5-7-18(16)28-3/h4-11H,12H2,1-3H3,(H,22,26). The van der Waals surface area contributed by atoms with E-state index < -0.39 is 0 Å². The molecular formula is C21H20N4O3S. The molecule has 4 rings (SSSR count). The van der Waals surface area contributed by atoms with Gasteiger partial charge in [-0.1, -0.05) is 23.9 Å². The molecule has 0 aliphatic heterocycles. The molecular weight excluding hydrogens is 388 g/mol. The highest BCUT2D eigenvalue weighted by molar-refractivity contribution is 7.99. The Morgan fingerprint density at radius 3 is 2.72 bits per heavy atom. The number of aryl methyl sites for hydroxylation is 1. The summed E-state index contributed by atoms with van der Waals surface area (Å²) in [4.78, 5) is 12.5. The largest absolute Gasteiger partial charge is 0.497 e. The fraction of sp³-hybridized carbons (Fsp3) is 0.190. The van der Waals surface area contributed by atoms with Crippen molar-refractivity contribution in [3.8, 4) is 11.5 Å². The number of benzene rings is 2. The van der Waals surface area contributed by atoms with Crippen molar-refractivity contribution in [2.75, 3.05) is 25.3 Å². The third kappa shape index (κ3) is 3.71. The summed E-state index contributed by atoms with van der Waals surface area (Å²) in [6.45, 7) is 2.04. The monoisotopic (exact) mass is 408 g/mol. The Hall–Kier alpha value is -3.26. The summed E-state index contributed by atoms with van der Waals surface area (Å²) in [5.41, 5.74) is 3.42. The van der Waals surface area contributed by atoms with E-state index in [1.54, 1.807) is 26.4 Å². The van der Waals surface area contributed by atoms with Crippen LogP contribution in [0.5, 0.6) is 11.5 Å². The zero-order valence-electron chi connectivity index (χ0n) is 16.3. The topological polar surface area (TPSA) is 77.8 Å². The molecule has 7 nitrogen and oxygen atoms in total. The van der Waals surface area contributed by atoms with Crippen molar-refractivity contribution < 1.29 is 14.3 Å². The zero-order chi connectivity index (χ0) is 20.4. The molecule has 4 aromatic rings. The van der Waals surface area contributed by atoms with Gasteiger partial charge < -0.3 is 14.8 Å². The highest BCUT2D eigenvalue weighted by Crippen LogP contribution is 2.29. The number of carbonyl (C=O) groups excluding carboxylic acids is 1. The van der Waals surface area contributed by atoms with Crippen molar-refractivity contribution in [2.24, 2.45) is 0 Å². The van der Waals surface area contributed by atoms with E-state index in [9.17, 15) is 4.79 Å². The molecule has 2 aromatic heterocycles. The molecule has 148 valence electrons. The van der Waals surface area contributed by atoms with Crippen LogP contribution in [0.4, 0.5) is 5.69 Å². The molecule has 2 aromatic carbocycles. The van der Waals surface area contributed by atoms with Crippen LogP contribution in [0.15, 0.2) is 53.7 Å². The predicted molar refractivity (Wildman–Crippen MR) is 114 cm³/mol. The minimum atomic E-state index is -0.148. The summed E-state index contributed by atoms with van der Waals surface area (Å²) >= 11 is 1.33. The average Bonchev–Trinajstić information content (AvgIpc) is 3.15. The predicted octanol–water partition coefficient (Wildman–Crippen LogP) is 3.94. The molecule has 0 unspecified atom stereocenters. The van der Waals surface area contributed by atoms with Gasteiger partial charge in [0, 0.05) is 11.5 Å². The molecule has 0 aliphatic carbocycles. The summed E-state index contributed by atoms with van der Waals surface area (Å²) in [5.74, 6) is 1.42. The van der Waals surface area contributed by atoms with E-state index in [-0.39, 0.29) is 11.7 Å². The van der Waals surface area contributed by atoms with Crippen LogP contribution >= 0.6 is 11.8 Å². The van der Waals surface area contributed by atoms with Gasteiger partial charge in [0.25, 0.3) is 0 Å². The summed E-state index contributed by atoms with van der Waals surface area (Å²) in [6.07, 6.45) is 0. The number of nitrogens with one attached hydrogen (secondary N) is 1. The van der Waals surface area contributed by atoms with Crippen LogP contribution in [0.1, 0.15) is 5.56 Å². The number of methoxy groups -OCH3 is 2. The number of aromatic nitrogens is 3. The number of rotatable bonds is 6. The quantitative estimate of drug-likeness (QED) is 0.487. The van der Waals surface area contributed by atoms with Crippen molar-refractivity contribution in [3.63, 3.8) is 0 Å². The minimum Gasteiger partial charge on any atom is -0.497 e. The second-order valence-electron chi connectivity index (χ2n) is 6.42. The van der Waals surface area contributed by atoms with E-state index in [1.165, 1.54) is 11.8 Å². The number of pyridine rings is 1. The van der Waals surface area contributed by atoms with Crippen molar-refractivity contribution in [2.45, 2.75) is 12.1 Å². The van der Waals surface area contributed by atoms with Crippen LogP contribution in [0.3, 0.4) is 0 Å². The molecule has 0 bridgehead atoms. The highest BCUT2D eigenvalue weighted by atomic mass is 32.2. The summed E-state index contributed by atoms with van der Waals surface area (Å²) in [7, 11) is 3.21. The van der Waals surface area contributed by atoms with Gasteiger partial charge in [-0.2, -0.15) is 0 Å². The summed E-state index contributed by atoms with van der Waals surface area (Å²) in [6, 6.07) is 15.2. The maximum absolute atomic E-state index is 12.5. The van der Waals surface area contributed by atoms with Gasteiger partial charge in [0.05, 0.1) is 31.2 Å². The van der Waals surface area contributed by atoms with E-state index in [4.69, 9.17) is 9.47 Å². The molecule has 0 radical (unpaired) electrons. The molecule has 0 saturated heterocycles. The molecule has 8 heteroatoms. The SMILES string of the molecule is COc1ccc2c(C)cc3nnc(SCC(=O)Nc4ccccc4OC)n3c2c1. The minimum absolute atomic E-state index is 0.148. The molecule has 0 saturated carbocycles. The number of hydrogen-bond donors (Lipinski definition) is 1. The van der Waals surface area contributed by atoms with Gasteiger partial charge >= 0.3 is 0 Å². The Balaban J connectivity index is 1.61. The maximum atomic E-state index is 12.5. The van der Waals surface area contributed by atoms with Crippen molar-refractivity contribution in [1.82, 2.24) is 14.6 Å². The number of ether oxygens (including phenoxy) is 2. The van der Waals surface area contributed by atoms with Crippen LogP contribution < -0.4 is 14.8 Å². The van der Waals surface area contributed by atoms with Gasteiger partial charge in [-0.3, -0.25) is 9.20 Å². The summed E-state index contributed by atoms with van der Waals surface area (Å²) in [5, 5.41) is 13.2. The normalized spacial score (nSPS) is 11.0. The van der Waals surface area contributed by atoms with E-state index in [0.29, 0.717) is 16.6 Å². The summed E-state index contributed by atoms with van der Waals surface area (Å²) < 4.78 is 12.6. The number of nitrogens with zero attached hydrogens (tertiary/aromatic N) is 3. The number of carbonyl (C=O) groups is 1. The first-order valence-electron chi connectivity index (χ1n) is 8.99. The molecule has 0 aliphatic rings. The Bertz CT molecular complexity index is 1210. The first kappa shape index (κ1) is 19.1. The first-order valence-corrected chi connectivity index (χ1v) is 9.97. The second kappa shape index (κ2) is 8.00. The first-order chi connectivity index (χ1) is 14.1. The average molecular weight is 408 g/mol. The van der Waals surface area contributed by atoms with Crippen molar-refractivity contribution in [3.05, 3.63) is 54.1 Å². The third-order valence-corrected chi connectivity index (χ3v) is 5.52. The Kier molecular flexibility index (Phi) is 5.26. The molecule has 1 N–H and O–H groups in total. The Morgan fingerprint density at radius 1 is 1.10 bits per heavy atom. The van der Waals surface area contributed by atoms with Crippen LogP contribution in [0, 0.1) is 6.92 Å². The molecule has 29 heavy (non-hydrogen) atoms. The number of anilines is 1. The molecule has 2 heterocycles. The van der Waals surface area contributed by atoms with Crippen molar-refractivity contribution in [1.29, 1.82) is 0 Å². The van der Waals surface area contributed by atoms with E-state index in [1.807, 2.05) is 47.7 Å². The van der Waals surface area contributed by atoms with E-state index >= 15 is 0 Å². The van der Waals surface area contributed by atoms with Gasteiger partial charge in [0.15, 0.2) is 10.8 Å². The fourth-order valence-corrected chi connectivity index (χ4v) is 3.94.